The lowest BCUT2D eigenvalue weighted by atomic mass is 9.87. The fourth-order valence-corrected chi connectivity index (χ4v) is 8.43. The van der Waals surface area contributed by atoms with Crippen LogP contribution in [-0.2, 0) is 0 Å². The van der Waals surface area contributed by atoms with Crippen molar-refractivity contribution < 1.29 is 0 Å². The maximum atomic E-state index is 4.92. The quantitative estimate of drug-likeness (QED) is 0.167. The van der Waals surface area contributed by atoms with Crippen molar-refractivity contribution in [2.45, 2.75) is 0 Å². The van der Waals surface area contributed by atoms with Gasteiger partial charge in [0.15, 0.2) is 17.5 Å². The van der Waals surface area contributed by atoms with Gasteiger partial charge >= 0.3 is 0 Å². The van der Waals surface area contributed by atoms with Crippen molar-refractivity contribution in [2.75, 3.05) is 0 Å². The highest BCUT2D eigenvalue weighted by Crippen LogP contribution is 2.43. The van der Waals surface area contributed by atoms with E-state index in [-0.39, 0.29) is 0 Å². The van der Waals surface area contributed by atoms with Crippen LogP contribution in [0.2, 0.25) is 0 Å². The van der Waals surface area contributed by atoms with Gasteiger partial charge in [-0.25, -0.2) is 15.0 Å². The largest absolute Gasteiger partial charge is 0.208 e. The van der Waals surface area contributed by atoms with Gasteiger partial charge in [-0.2, -0.15) is 0 Å². The van der Waals surface area contributed by atoms with E-state index in [4.69, 9.17) is 15.0 Å². The molecule has 0 N–H and O–H groups in total. The minimum absolute atomic E-state index is 0.649. The molecule has 0 atom stereocenters. The Balaban J connectivity index is 1.01. The smallest absolute Gasteiger partial charge is 0.164 e. The van der Waals surface area contributed by atoms with Gasteiger partial charge in [-0.3, -0.25) is 0 Å². The molecular weight excluding hydrogens is 679 g/mol. The van der Waals surface area contributed by atoms with Crippen molar-refractivity contribution in [3.8, 4) is 56.4 Å². The molecule has 56 heavy (non-hydrogen) atoms. The average Bonchev–Trinajstić information content (AvgIpc) is 3.28. The number of nitrogens with zero attached hydrogens (tertiary/aromatic N) is 3. The number of hydrogen-bond acceptors (Lipinski definition) is 3. The van der Waals surface area contributed by atoms with Crippen LogP contribution in [0.15, 0.2) is 200 Å². The van der Waals surface area contributed by atoms with Crippen molar-refractivity contribution in [3.63, 3.8) is 0 Å². The number of benzene rings is 9. The zero-order chi connectivity index (χ0) is 37.0. The van der Waals surface area contributed by atoms with Crippen LogP contribution in [0.25, 0.3) is 110 Å². The summed E-state index contributed by atoms with van der Waals surface area (Å²) < 4.78 is 0. The summed E-state index contributed by atoms with van der Waals surface area (Å²) in [6.07, 6.45) is 0. The normalized spacial score (nSPS) is 11.6. The number of rotatable bonds is 5. The van der Waals surface area contributed by atoms with Gasteiger partial charge in [-0.1, -0.05) is 194 Å². The van der Waals surface area contributed by atoms with Crippen LogP contribution >= 0.6 is 0 Å². The highest BCUT2D eigenvalue weighted by Gasteiger charge is 2.16. The maximum Gasteiger partial charge on any atom is 0.164 e. The zero-order valence-electron chi connectivity index (χ0n) is 30.4. The van der Waals surface area contributed by atoms with Gasteiger partial charge in [0.05, 0.1) is 0 Å². The van der Waals surface area contributed by atoms with E-state index in [0.29, 0.717) is 17.5 Å². The Morgan fingerprint density at radius 2 is 0.589 bits per heavy atom. The molecule has 11 rings (SSSR count). The van der Waals surface area contributed by atoms with E-state index in [1.807, 2.05) is 60.7 Å². The van der Waals surface area contributed by atoms with Crippen molar-refractivity contribution in [1.82, 2.24) is 15.0 Å². The second-order valence-electron chi connectivity index (χ2n) is 14.3. The van der Waals surface area contributed by atoms with Crippen LogP contribution in [0.4, 0.5) is 0 Å². The molecule has 1 heterocycles. The summed E-state index contributed by atoms with van der Waals surface area (Å²) >= 11 is 0. The first-order valence-corrected chi connectivity index (χ1v) is 19.0. The average molecular weight is 712 g/mol. The molecule has 0 fully saturated rings. The van der Waals surface area contributed by atoms with E-state index in [1.165, 1.54) is 65.0 Å². The molecule has 0 bridgehead atoms. The highest BCUT2D eigenvalue weighted by molar-refractivity contribution is 6.34. The molecule has 0 aliphatic carbocycles. The summed E-state index contributed by atoms with van der Waals surface area (Å²) in [5.41, 5.74) is 7.57. The molecule has 3 heteroatoms. The van der Waals surface area contributed by atoms with Crippen molar-refractivity contribution in [2.24, 2.45) is 0 Å². The number of aromatic nitrogens is 3. The Bertz CT molecular complexity index is 3210. The minimum atomic E-state index is 0.649. The van der Waals surface area contributed by atoms with Crippen LogP contribution in [0.5, 0.6) is 0 Å². The van der Waals surface area contributed by atoms with E-state index in [0.717, 1.165) is 27.8 Å². The Labute approximate surface area is 324 Å². The van der Waals surface area contributed by atoms with E-state index < -0.39 is 0 Å². The van der Waals surface area contributed by atoms with E-state index >= 15 is 0 Å². The molecular formula is C53H33N3. The van der Waals surface area contributed by atoms with Gasteiger partial charge in [-0.05, 0) is 82.2 Å². The molecule has 3 nitrogen and oxygen atoms in total. The third-order valence-electron chi connectivity index (χ3n) is 11.1. The molecule has 10 aromatic carbocycles. The molecule has 0 aliphatic heterocycles. The molecule has 0 radical (unpaired) electrons. The lowest BCUT2D eigenvalue weighted by molar-refractivity contribution is 1.07. The Morgan fingerprint density at radius 3 is 1.11 bits per heavy atom. The maximum absolute atomic E-state index is 4.92. The van der Waals surface area contributed by atoms with E-state index in [1.54, 1.807) is 0 Å². The van der Waals surface area contributed by atoms with Gasteiger partial charge in [-0.15, -0.1) is 0 Å². The summed E-state index contributed by atoms with van der Waals surface area (Å²) in [4.78, 5) is 14.7. The van der Waals surface area contributed by atoms with Crippen molar-refractivity contribution in [3.05, 3.63) is 200 Å². The standard InChI is InChI=1S/C53H33N3/c1-3-13-37(14-4-1)51-54-52(38-15-5-2-6-16-38)56-53(55-51)39-31-27-35(28-32-39)34-25-29-36(30-26-34)48-33-40-17-11-22-45-43-20-9-7-18-41(43)42-19-8-10-21-44(42)46-23-12-24-47(48)50(46)49(40)45/h1-33H. The summed E-state index contributed by atoms with van der Waals surface area (Å²) in [6.45, 7) is 0. The van der Waals surface area contributed by atoms with Gasteiger partial charge in [0.25, 0.3) is 0 Å². The predicted octanol–water partition coefficient (Wildman–Crippen LogP) is 14.0. The van der Waals surface area contributed by atoms with Gasteiger partial charge in [0.2, 0.25) is 0 Å². The molecule has 11 aromatic rings. The molecule has 0 spiro atoms. The van der Waals surface area contributed by atoms with Crippen LogP contribution in [-0.4, -0.2) is 15.0 Å². The Hall–Kier alpha value is -7.49. The summed E-state index contributed by atoms with van der Waals surface area (Å²) in [6, 6.07) is 71.4. The molecule has 0 aliphatic rings. The van der Waals surface area contributed by atoms with Gasteiger partial charge in [0.1, 0.15) is 0 Å². The third kappa shape index (κ3) is 5.32. The fraction of sp³-hybridized carbons (Fsp3) is 0. The SMILES string of the molecule is c1ccc(-c2nc(-c3ccccc3)nc(-c3ccc(-c4ccc(-c5cc6cccc7c8ccccc8c8ccccc8c8cccc5c8c67)cc4)cc3)n2)cc1. The molecule has 260 valence electrons. The second-order valence-corrected chi connectivity index (χ2v) is 14.3. The fourth-order valence-electron chi connectivity index (χ4n) is 8.43. The van der Waals surface area contributed by atoms with E-state index in [2.05, 4.69) is 140 Å². The van der Waals surface area contributed by atoms with E-state index in [9.17, 15) is 0 Å². The third-order valence-corrected chi connectivity index (χ3v) is 11.1. The number of hydrogen-bond donors (Lipinski definition) is 0. The topological polar surface area (TPSA) is 38.7 Å². The Kier molecular flexibility index (Phi) is 7.49. The first-order valence-electron chi connectivity index (χ1n) is 19.0. The summed E-state index contributed by atoms with van der Waals surface area (Å²) in [7, 11) is 0. The highest BCUT2D eigenvalue weighted by atomic mass is 15.0. The second kappa shape index (κ2) is 13.1. The summed E-state index contributed by atoms with van der Waals surface area (Å²) in [5, 5.41) is 12.7. The molecule has 0 unspecified atom stereocenters. The first kappa shape index (κ1) is 32.0. The van der Waals surface area contributed by atoms with Crippen molar-refractivity contribution >= 4 is 53.9 Å². The van der Waals surface area contributed by atoms with Crippen molar-refractivity contribution in [1.29, 1.82) is 0 Å². The first-order chi connectivity index (χ1) is 27.8. The molecule has 1 aromatic heterocycles. The van der Waals surface area contributed by atoms with Crippen LogP contribution in [0, 0.1) is 0 Å². The summed E-state index contributed by atoms with van der Waals surface area (Å²) in [5.74, 6) is 1.96. The lowest BCUT2D eigenvalue weighted by Crippen LogP contribution is -2.00. The number of fused-ring (bicyclic) bond motifs is 5. The molecule has 0 amide bonds. The molecule has 0 saturated carbocycles. The lowest BCUT2D eigenvalue weighted by Gasteiger charge is -2.17. The van der Waals surface area contributed by atoms with Gasteiger partial charge < -0.3 is 0 Å². The van der Waals surface area contributed by atoms with Gasteiger partial charge in [0, 0.05) is 16.7 Å². The monoisotopic (exact) mass is 711 g/mol. The van der Waals surface area contributed by atoms with Crippen LogP contribution < -0.4 is 0 Å². The predicted molar refractivity (Wildman–Crippen MR) is 235 cm³/mol. The van der Waals surface area contributed by atoms with Crippen LogP contribution in [0.3, 0.4) is 0 Å². The van der Waals surface area contributed by atoms with Crippen LogP contribution in [0.1, 0.15) is 0 Å². The zero-order valence-corrected chi connectivity index (χ0v) is 30.4. The molecule has 0 saturated heterocycles. The minimum Gasteiger partial charge on any atom is -0.208 e. The Morgan fingerprint density at radius 1 is 0.232 bits per heavy atom.